The molecule has 0 aromatic heterocycles. The molecule has 1 aliphatic heterocycles. The van der Waals surface area contributed by atoms with Crippen LogP contribution in [-0.4, -0.2) is 23.4 Å². The van der Waals surface area contributed by atoms with Crippen molar-refractivity contribution in [2.45, 2.75) is 31.8 Å². The lowest BCUT2D eigenvalue weighted by molar-refractivity contribution is -0.385. The van der Waals surface area contributed by atoms with Crippen molar-refractivity contribution >= 4 is 27.5 Å². The molecule has 0 aliphatic carbocycles. The van der Waals surface area contributed by atoms with Crippen molar-refractivity contribution in [2.75, 3.05) is 6.54 Å². The van der Waals surface area contributed by atoms with E-state index >= 15 is 0 Å². The van der Waals surface area contributed by atoms with Gasteiger partial charge in [0.2, 0.25) is 5.91 Å². The Bertz CT molecular complexity index is 522. The maximum absolute atomic E-state index is 11.8. The molecular formula is C13H16BrN3O3. The summed E-state index contributed by atoms with van der Waals surface area (Å²) in [6, 6.07) is 4.66. The van der Waals surface area contributed by atoms with Crippen LogP contribution >= 0.6 is 15.9 Å². The predicted octanol–water partition coefficient (Wildman–Crippen LogP) is 2.12. The molecule has 0 saturated carbocycles. The second-order valence-electron chi connectivity index (χ2n) is 4.75. The molecule has 7 heteroatoms. The van der Waals surface area contributed by atoms with Crippen molar-refractivity contribution < 1.29 is 9.72 Å². The summed E-state index contributed by atoms with van der Waals surface area (Å²) in [5.74, 6) is -0.0257. The number of nitrogens with one attached hydrogen (secondary N) is 2. The SMILES string of the molecule is O=C1NCCCCC1NCc1ccc(Br)cc1[N+](=O)[O-]. The molecule has 1 aromatic rings. The Morgan fingerprint density at radius 3 is 3.00 bits per heavy atom. The van der Waals surface area contributed by atoms with Crippen molar-refractivity contribution in [2.24, 2.45) is 0 Å². The predicted molar refractivity (Wildman–Crippen MR) is 78.3 cm³/mol. The highest BCUT2D eigenvalue weighted by Gasteiger charge is 2.21. The number of carbonyl (C=O) groups excluding carboxylic acids is 1. The van der Waals surface area contributed by atoms with Crippen molar-refractivity contribution in [1.29, 1.82) is 0 Å². The quantitative estimate of drug-likeness (QED) is 0.648. The number of benzene rings is 1. The van der Waals surface area contributed by atoms with Gasteiger partial charge in [-0.3, -0.25) is 14.9 Å². The average molecular weight is 342 g/mol. The summed E-state index contributed by atoms with van der Waals surface area (Å²) in [6.45, 7) is 1.01. The van der Waals surface area contributed by atoms with E-state index in [0.29, 0.717) is 23.1 Å². The minimum Gasteiger partial charge on any atom is -0.355 e. The number of nitro benzene ring substituents is 1. The largest absolute Gasteiger partial charge is 0.355 e. The van der Waals surface area contributed by atoms with E-state index in [4.69, 9.17) is 0 Å². The van der Waals surface area contributed by atoms with Crippen molar-refractivity contribution in [1.82, 2.24) is 10.6 Å². The van der Waals surface area contributed by atoms with Gasteiger partial charge in [-0.1, -0.05) is 15.9 Å². The monoisotopic (exact) mass is 341 g/mol. The van der Waals surface area contributed by atoms with Gasteiger partial charge in [-0.05, 0) is 31.4 Å². The van der Waals surface area contributed by atoms with Crippen LogP contribution in [0, 0.1) is 10.1 Å². The van der Waals surface area contributed by atoms with Crippen molar-refractivity contribution in [3.63, 3.8) is 0 Å². The van der Waals surface area contributed by atoms with Crippen LogP contribution in [0.2, 0.25) is 0 Å². The van der Waals surface area contributed by atoms with Gasteiger partial charge >= 0.3 is 0 Å². The van der Waals surface area contributed by atoms with E-state index in [2.05, 4.69) is 26.6 Å². The molecule has 1 unspecified atom stereocenters. The number of nitrogens with zero attached hydrogens (tertiary/aromatic N) is 1. The third-order valence-electron chi connectivity index (χ3n) is 3.32. The minimum atomic E-state index is -0.408. The Labute approximate surface area is 125 Å². The van der Waals surface area contributed by atoms with E-state index in [9.17, 15) is 14.9 Å². The summed E-state index contributed by atoms with van der Waals surface area (Å²) in [6.07, 6.45) is 2.71. The van der Waals surface area contributed by atoms with E-state index in [1.165, 1.54) is 6.07 Å². The summed E-state index contributed by atoms with van der Waals surface area (Å²) in [5, 5.41) is 17.0. The molecule has 20 heavy (non-hydrogen) atoms. The minimum absolute atomic E-state index is 0.0257. The third-order valence-corrected chi connectivity index (χ3v) is 3.81. The molecule has 2 rings (SSSR count). The number of rotatable bonds is 4. The fourth-order valence-electron chi connectivity index (χ4n) is 2.22. The normalized spacial score (nSPS) is 19.2. The molecule has 1 aromatic carbocycles. The third kappa shape index (κ3) is 3.77. The lowest BCUT2D eigenvalue weighted by Crippen LogP contribution is -2.42. The maximum atomic E-state index is 11.8. The highest BCUT2D eigenvalue weighted by molar-refractivity contribution is 9.10. The van der Waals surface area contributed by atoms with Gasteiger partial charge in [0.15, 0.2) is 0 Å². The topological polar surface area (TPSA) is 84.3 Å². The zero-order chi connectivity index (χ0) is 14.5. The van der Waals surface area contributed by atoms with Crippen LogP contribution in [0.25, 0.3) is 0 Å². The second-order valence-corrected chi connectivity index (χ2v) is 5.67. The van der Waals surface area contributed by atoms with Gasteiger partial charge in [0.05, 0.1) is 11.0 Å². The molecule has 0 bridgehead atoms. The van der Waals surface area contributed by atoms with Crippen molar-refractivity contribution in [3.8, 4) is 0 Å². The second kappa shape index (κ2) is 6.81. The molecular weight excluding hydrogens is 326 g/mol. The summed E-state index contributed by atoms with van der Waals surface area (Å²) in [7, 11) is 0. The summed E-state index contributed by atoms with van der Waals surface area (Å²) >= 11 is 3.22. The van der Waals surface area contributed by atoms with Gasteiger partial charge in [0, 0.05) is 29.2 Å². The fraction of sp³-hybridized carbons (Fsp3) is 0.462. The molecule has 0 radical (unpaired) electrons. The van der Waals surface area contributed by atoms with E-state index in [-0.39, 0.29) is 17.6 Å². The number of carbonyl (C=O) groups is 1. The number of nitro groups is 1. The van der Waals surface area contributed by atoms with Gasteiger partial charge < -0.3 is 10.6 Å². The smallest absolute Gasteiger partial charge is 0.275 e. The number of hydrogen-bond acceptors (Lipinski definition) is 4. The Balaban J connectivity index is 2.06. The van der Waals surface area contributed by atoms with Crippen molar-refractivity contribution in [3.05, 3.63) is 38.3 Å². The molecule has 6 nitrogen and oxygen atoms in total. The molecule has 1 aliphatic rings. The Hall–Kier alpha value is -1.47. The van der Waals surface area contributed by atoms with Gasteiger partial charge in [-0.15, -0.1) is 0 Å². The van der Waals surface area contributed by atoms with Crippen LogP contribution in [0.5, 0.6) is 0 Å². The van der Waals surface area contributed by atoms with E-state index in [1.54, 1.807) is 12.1 Å². The first kappa shape index (κ1) is 14.9. The molecule has 1 saturated heterocycles. The summed E-state index contributed by atoms with van der Waals surface area (Å²) < 4.78 is 0.667. The number of amides is 1. The summed E-state index contributed by atoms with van der Waals surface area (Å²) in [5.41, 5.74) is 0.635. The van der Waals surface area contributed by atoms with Crippen LogP contribution in [0.1, 0.15) is 24.8 Å². The van der Waals surface area contributed by atoms with Gasteiger partial charge in [-0.25, -0.2) is 0 Å². The molecule has 1 atom stereocenters. The van der Waals surface area contributed by atoms with Crippen LogP contribution < -0.4 is 10.6 Å². The first-order valence-electron chi connectivity index (χ1n) is 6.52. The highest BCUT2D eigenvalue weighted by Crippen LogP contribution is 2.23. The van der Waals surface area contributed by atoms with Gasteiger partial charge in [-0.2, -0.15) is 0 Å². The zero-order valence-corrected chi connectivity index (χ0v) is 12.5. The molecule has 108 valence electrons. The Morgan fingerprint density at radius 1 is 1.45 bits per heavy atom. The lowest BCUT2D eigenvalue weighted by atomic mass is 10.1. The maximum Gasteiger partial charge on any atom is 0.275 e. The van der Waals surface area contributed by atoms with E-state index < -0.39 is 4.92 Å². The fourth-order valence-corrected chi connectivity index (χ4v) is 2.57. The number of halogens is 1. The molecule has 2 N–H and O–H groups in total. The summed E-state index contributed by atoms with van der Waals surface area (Å²) in [4.78, 5) is 22.4. The Morgan fingerprint density at radius 2 is 2.25 bits per heavy atom. The Kier molecular flexibility index (Phi) is 5.08. The average Bonchev–Trinajstić information content (AvgIpc) is 2.62. The standard InChI is InChI=1S/C13H16BrN3O3/c14-10-5-4-9(12(7-10)17(19)20)8-16-11-3-1-2-6-15-13(11)18/h4-5,7,11,16H,1-3,6,8H2,(H,15,18). The highest BCUT2D eigenvalue weighted by atomic mass is 79.9. The molecule has 1 amide bonds. The number of hydrogen-bond donors (Lipinski definition) is 2. The van der Waals surface area contributed by atoms with E-state index in [0.717, 1.165) is 19.3 Å². The first-order chi connectivity index (χ1) is 9.58. The van der Waals surface area contributed by atoms with E-state index in [1.807, 2.05) is 0 Å². The molecule has 0 spiro atoms. The van der Waals surface area contributed by atoms with Gasteiger partial charge in [0.1, 0.15) is 0 Å². The first-order valence-corrected chi connectivity index (χ1v) is 7.31. The van der Waals surface area contributed by atoms with Crippen LogP contribution in [0.15, 0.2) is 22.7 Å². The van der Waals surface area contributed by atoms with Crippen LogP contribution in [0.4, 0.5) is 5.69 Å². The van der Waals surface area contributed by atoms with Gasteiger partial charge in [0.25, 0.3) is 5.69 Å². The van der Waals surface area contributed by atoms with Crippen LogP contribution in [0.3, 0.4) is 0 Å². The lowest BCUT2D eigenvalue weighted by Gasteiger charge is -2.15. The van der Waals surface area contributed by atoms with Crippen LogP contribution in [-0.2, 0) is 11.3 Å². The molecule has 1 heterocycles. The molecule has 1 fully saturated rings. The zero-order valence-electron chi connectivity index (χ0n) is 10.9.